The number of nitriles is 1. The SMILES string of the molecule is Cc1cc(Oc2ccccc2N)c(C#N)c(C)n1. The van der Waals surface area contributed by atoms with E-state index < -0.39 is 0 Å². The predicted octanol–water partition coefficient (Wildman–Crippen LogP) is 2.94. The van der Waals surface area contributed by atoms with Crippen molar-refractivity contribution in [2.45, 2.75) is 13.8 Å². The Morgan fingerprint density at radius 1 is 1.22 bits per heavy atom. The van der Waals surface area contributed by atoms with Crippen molar-refractivity contribution in [1.82, 2.24) is 4.98 Å². The summed E-state index contributed by atoms with van der Waals surface area (Å²) in [7, 11) is 0. The van der Waals surface area contributed by atoms with Crippen LogP contribution in [0.5, 0.6) is 11.5 Å². The summed E-state index contributed by atoms with van der Waals surface area (Å²) >= 11 is 0. The molecule has 0 radical (unpaired) electrons. The molecule has 2 N–H and O–H groups in total. The average Bonchev–Trinajstić information content (AvgIpc) is 2.31. The van der Waals surface area contributed by atoms with Gasteiger partial charge in [0, 0.05) is 11.8 Å². The molecule has 1 aromatic carbocycles. The molecule has 0 bridgehead atoms. The van der Waals surface area contributed by atoms with Crippen LogP contribution in [0.2, 0.25) is 0 Å². The highest BCUT2D eigenvalue weighted by atomic mass is 16.5. The van der Waals surface area contributed by atoms with Crippen LogP contribution < -0.4 is 10.5 Å². The molecule has 0 aliphatic rings. The van der Waals surface area contributed by atoms with Gasteiger partial charge in [-0.1, -0.05) is 12.1 Å². The molecule has 0 amide bonds. The zero-order valence-corrected chi connectivity index (χ0v) is 10.3. The first-order valence-electron chi connectivity index (χ1n) is 5.52. The first-order chi connectivity index (χ1) is 8.61. The monoisotopic (exact) mass is 239 g/mol. The molecule has 90 valence electrons. The maximum Gasteiger partial charge on any atom is 0.150 e. The molecule has 1 heterocycles. The summed E-state index contributed by atoms with van der Waals surface area (Å²) in [5.74, 6) is 1.03. The third-order valence-electron chi connectivity index (χ3n) is 2.54. The Bertz CT molecular complexity index is 629. The highest BCUT2D eigenvalue weighted by Gasteiger charge is 2.11. The van der Waals surface area contributed by atoms with E-state index in [0.29, 0.717) is 28.4 Å². The van der Waals surface area contributed by atoms with Crippen LogP contribution in [0.3, 0.4) is 0 Å². The summed E-state index contributed by atoms with van der Waals surface area (Å²) in [4.78, 5) is 4.24. The topological polar surface area (TPSA) is 71.9 Å². The fraction of sp³-hybridized carbons (Fsp3) is 0.143. The summed E-state index contributed by atoms with van der Waals surface area (Å²) in [5, 5.41) is 9.14. The number of hydrogen-bond donors (Lipinski definition) is 1. The number of nitrogens with zero attached hydrogens (tertiary/aromatic N) is 2. The quantitative estimate of drug-likeness (QED) is 0.818. The maximum atomic E-state index is 9.14. The van der Waals surface area contributed by atoms with E-state index in [1.807, 2.05) is 19.1 Å². The van der Waals surface area contributed by atoms with Crippen molar-refractivity contribution < 1.29 is 4.74 Å². The molecule has 1 aromatic heterocycles. The lowest BCUT2D eigenvalue weighted by molar-refractivity contribution is 0.481. The lowest BCUT2D eigenvalue weighted by Crippen LogP contribution is -1.98. The van der Waals surface area contributed by atoms with Gasteiger partial charge in [-0.25, -0.2) is 0 Å². The van der Waals surface area contributed by atoms with E-state index in [1.165, 1.54) is 0 Å². The fourth-order valence-corrected chi connectivity index (χ4v) is 1.70. The van der Waals surface area contributed by atoms with Crippen LogP contribution in [0.15, 0.2) is 30.3 Å². The molecule has 0 atom stereocenters. The van der Waals surface area contributed by atoms with Crippen LogP contribution in [0.4, 0.5) is 5.69 Å². The Kier molecular flexibility index (Phi) is 3.16. The van der Waals surface area contributed by atoms with Crippen LogP contribution in [-0.2, 0) is 0 Å². The average molecular weight is 239 g/mol. The molecule has 2 aromatic rings. The van der Waals surface area contributed by atoms with Crippen molar-refractivity contribution in [3.63, 3.8) is 0 Å². The van der Waals surface area contributed by atoms with Gasteiger partial charge in [0.25, 0.3) is 0 Å². The highest BCUT2D eigenvalue weighted by Crippen LogP contribution is 2.30. The zero-order valence-electron chi connectivity index (χ0n) is 10.3. The van der Waals surface area contributed by atoms with Gasteiger partial charge in [0.1, 0.15) is 23.1 Å². The van der Waals surface area contributed by atoms with Gasteiger partial charge in [-0.05, 0) is 26.0 Å². The maximum absolute atomic E-state index is 9.14. The van der Waals surface area contributed by atoms with Crippen LogP contribution in [0, 0.1) is 25.2 Å². The fourth-order valence-electron chi connectivity index (χ4n) is 1.70. The second-order valence-electron chi connectivity index (χ2n) is 3.97. The number of rotatable bonds is 2. The Hall–Kier alpha value is -2.54. The molecule has 0 fully saturated rings. The number of nitrogen functional groups attached to an aromatic ring is 1. The summed E-state index contributed by atoms with van der Waals surface area (Å²) in [6.07, 6.45) is 0. The van der Waals surface area contributed by atoms with Crippen molar-refractivity contribution in [2.24, 2.45) is 0 Å². The van der Waals surface area contributed by atoms with Crippen molar-refractivity contribution in [2.75, 3.05) is 5.73 Å². The number of para-hydroxylation sites is 2. The number of aryl methyl sites for hydroxylation is 2. The number of ether oxygens (including phenoxy) is 1. The summed E-state index contributed by atoms with van der Waals surface area (Å²) < 4.78 is 5.71. The molecule has 18 heavy (non-hydrogen) atoms. The first-order valence-corrected chi connectivity index (χ1v) is 5.52. The summed E-state index contributed by atoms with van der Waals surface area (Å²) in [6, 6.07) is 11.0. The van der Waals surface area contributed by atoms with Gasteiger partial charge < -0.3 is 10.5 Å². The van der Waals surface area contributed by atoms with E-state index in [-0.39, 0.29) is 0 Å². The van der Waals surface area contributed by atoms with Gasteiger partial charge in [-0.15, -0.1) is 0 Å². The number of hydrogen-bond acceptors (Lipinski definition) is 4. The zero-order chi connectivity index (χ0) is 13.1. The number of benzene rings is 1. The molecular formula is C14H13N3O. The lowest BCUT2D eigenvalue weighted by Gasteiger charge is -2.11. The van der Waals surface area contributed by atoms with Crippen LogP contribution in [0.25, 0.3) is 0 Å². The van der Waals surface area contributed by atoms with E-state index in [2.05, 4.69) is 11.1 Å². The van der Waals surface area contributed by atoms with E-state index in [0.717, 1.165) is 5.69 Å². The molecule has 0 saturated carbocycles. The Morgan fingerprint density at radius 3 is 2.61 bits per heavy atom. The number of anilines is 1. The Morgan fingerprint density at radius 2 is 1.94 bits per heavy atom. The molecular weight excluding hydrogens is 226 g/mol. The van der Waals surface area contributed by atoms with Crippen molar-refractivity contribution in [3.05, 3.63) is 47.3 Å². The molecule has 4 nitrogen and oxygen atoms in total. The van der Waals surface area contributed by atoms with Gasteiger partial charge in [0.15, 0.2) is 0 Å². The standard InChI is InChI=1S/C14H13N3O/c1-9-7-14(11(8-15)10(2)17-9)18-13-6-4-3-5-12(13)16/h3-7H,16H2,1-2H3. The van der Waals surface area contributed by atoms with Gasteiger partial charge in [0.05, 0.1) is 11.4 Å². The molecule has 0 unspecified atom stereocenters. The van der Waals surface area contributed by atoms with Crippen molar-refractivity contribution in [3.8, 4) is 17.6 Å². The lowest BCUT2D eigenvalue weighted by atomic mass is 10.2. The molecule has 4 heteroatoms. The van der Waals surface area contributed by atoms with Gasteiger partial charge in [0.2, 0.25) is 0 Å². The van der Waals surface area contributed by atoms with Gasteiger partial charge >= 0.3 is 0 Å². The van der Waals surface area contributed by atoms with E-state index in [9.17, 15) is 0 Å². The summed E-state index contributed by atoms with van der Waals surface area (Å²) in [6.45, 7) is 3.64. The van der Waals surface area contributed by atoms with E-state index in [1.54, 1.807) is 25.1 Å². The second-order valence-corrected chi connectivity index (χ2v) is 3.97. The first kappa shape index (κ1) is 11.9. The van der Waals surface area contributed by atoms with E-state index in [4.69, 9.17) is 15.7 Å². The third kappa shape index (κ3) is 2.25. The normalized spacial score (nSPS) is 9.83. The van der Waals surface area contributed by atoms with Crippen LogP contribution >= 0.6 is 0 Å². The predicted molar refractivity (Wildman–Crippen MR) is 69.4 cm³/mol. The van der Waals surface area contributed by atoms with Crippen LogP contribution in [0.1, 0.15) is 17.0 Å². The minimum atomic E-state index is 0.434. The van der Waals surface area contributed by atoms with Crippen LogP contribution in [-0.4, -0.2) is 4.98 Å². The number of aromatic nitrogens is 1. The highest BCUT2D eigenvalue weighted by molar-refractivity contribution is 5.56. The molecule has 0 aliphatic carbocycles. The second kappa shape index (κ2) is 4.76. The number of nitrogens with two attached hydrogens (primary N) is 1. The summed E-state index contributed by atoms with van der Waals surface area (Å²) in [5.41, 5.74) is 8.24. The Balaban J connectivity index is 2.47. The van der Waals surface area contributed by atoms with Crippen molar-refractivity contribution >= 4 is 5.69 Å². The third-order valence-corrected chi connectivity index (χ3v) is 2.54. The largest absolute Gasteiger partial charge is 0.454 e. The molecule has 0 spiro atoms. The number of pyridine rings is 1. The van der Waals surface area contributed by atoms with Gasteiger partial charge in [-0.2, -0.15) is 5.26 Å². The van der Waals surface area contributed by atoms with Crippen molar-refractivity contribution in [1.29, 1.82) is 5.26 Å². The Labute approximate surface area is 106 Å². The van der Waals surface area contributed by atoms with E-state index >= 15 is 0 Å². The minimum Gasteiger partial charge on any atom is -0.454 e. The smallest absolute Gasteiger partial charge is 0.150 e. The molecule has 0 saturated heterocycles. The molecule has 2 rings (SSSR count). The molecule has 0 aliphatic heterocycles. The minimum absolute atomic E-state index is 0.434. The van der Waals surface area contributed by atoms with Gasteiger partial charge in [-0.3, -0.25) is 4.98 Å².